The van der Waals surface area contributed by atoms with Crippen LogP contribution in [0, 0.1) is 19.7 Å². The Bertz CT molecular complexity index is 652. The van der Waals surface area contributed by atoms with E-state index in [-0.39, 0.29) is 64.7 Å². The molecule has 1 N–H and O–H groups in total. The molecule has 0 atom stereocenters. The molecule has 2 aromatic rings. The van der Waals surface area contributed by atoms with Crippen LogP contribution in [0.15, 0.2) is 36.5 Å². The van der Waals surface area contributed by atoms with Crippen molar-refractivity contribution in [3.8, 4) is 11.1 Å². The van der Waals surface area contributed by atoms with Crippen LogP contribution in [0.1, 0.15) is 15.9 Å². The topological polar surface area (TPSA) is 59.1 Å². The summed E-state index contributed by atoms with van der Waals surface area (Å²) in [4.78, 5) is 25.8. The maximum absolute atomic E-state index is 11.5. The van der Waals surface area contributed by atoms with E-state index in [0.717, 1.165) is 11.1 Å². The Hall–Kier alpha value is -1.11. The molecule has 0 aliphatic rings. The zero-order valence-electron chi connectivity index (χ0n) is 12.9. The van der Waals surface area contributed by atoms with Gasteiger partial charge in [-0.1, -0.05) is 23.9 Å². The standard InChI is InChI=1S/C16H12N2O2.CH3.K/c1-17-16(20)13-6-4-12(5-7-13)15-8-9-18-11-14(15)3-2-10-19;;/h3-10H,1H3,(H,17,20);1H3;/q-2;-1;+1. The zero-order chi connectivity index (χ0) is 14.4. The first-order valence-electron chi connectivity index (χ1n) is 5.98. The Kier molecular flexibility index (Phi) is 10.0. The number of aromatic nitrogens is 1. The van der Waals surface area contributed by atoms with Gasteiger partial charge in [0.15, 0.2) is 0 Å². The zero-order valence-corrected chi connectivity index (χ0v) is 16.0. The first kappa shape index (κ1) is 20.9. The van der Waals surface area contributed by atoms with Crippen molar-refractivity contribution in [2.45, 2.75) is 0 Å². The fourth-order valence-corrected chi connectivity index (χ4v) is 1.79. The van der Waals surface area contributed by atoms with Gasteiger partial charge in [0.25, 0.3) is 5.91 Å². The molecule has 0 spiro atoms. The molecule has 1 aromatic heterocycles. The van der Waals surface area contributed by atoms with E-state index >= 15 is 0 Å². The largest absolute Gasteiger partial charge is 1.00 e. The minimum atomic E-state index is -0.132. The van der Waals surface area contributed by atoms with E-state index in [2.05, 4.69) is 22.6 Å². The summed E-state index contributed by atoms with van der Waals surface area (Å²) in [5.41, 5.74) is 3.05. The maximum Gasteiger partial charge on any atom is 1.00 e. The van der Waals surface area contributed by atoms with Gasteiger partial charge < -0.3 is 28.6 Å². The first-order valence-corrected chi connectivity index (χ1v) is 5.98. The van der Waals surface area contributed by atoms with E-state index < -0.39 is 0 Å². The summed E-state index contributed by atoms with van der Waals surface area (Å²) in [5.74, 6) is -0.132. The number of nitrogens with zero attached hydrogens (tertiary/aromatic N) is 1. The fraction of sp³-hybridized carbons (Fsp3) is 0.0588. The molecule has 1 heterocycles. The minimum absolute atomic E-state index is 0. The first-order chi connectivity index (χ1) is 9.76. The number of carbonyl (C=O) groups excluding carboxylic acids is 2. The second-order valence-corrected chi connectivity index (χ2v) is 3.97. The van der Waals surface area contributed by atoms with Crippen molar-refractivity contribution in [1.29, 1.82) is 0 Å². The van der Waals surface area contributed by atoms with Crippen molar-refractivity contribution in [2.75, 3.05) is 7.05 Å². The van der Waals surface area contributed by atoms with Crippen LogP contribution in [0.2, 0.25) is 0 Å². The minimum Gasteiger partial charge on any atom is -0.380 e. The second-order valence-electron chi connectivity index (χ2n) is 3.97. The average molecular weight is 318 g/mol. The summed E-state index contributed by atoms with van der Waals surface area (Å²) in [5, 5.41) is 2.57. The van der Waals surface area contributed by atoms with Crippen molar-refractivity contribution in [2.24, 2.45) is 0 Å². The molecule has 0 bridgehead atoms. The molecule has 0 aliphatic carbocycles. The van der Waals surface area contributed by atoms with Crippen LogP contribution >= 0.6 is 0 Å². The van der Waals surface area contributed by atoms with E-state index in [1.54, 1.807) is 25.4 Å². The molecule has 0 fully saturated rings. The summed E-state index contributed by atoms with van der Waals surface area (Å²) in [6.07, 6.45) is 9.02. The molecule has 0 radical (unpaired) electrons. The van der Waals surface area contributed by atoms with Gasteiger partial charge in [-0.3, -0.25) is 16.4 Å². The van der Waals surface area contributed by atoms with Crippen molar-refractivity contribution in [3.63, 3.8) is 0 Å². The van der Waals surface area contributed by atoms with Crippen molar-refractivity contribution in [3.05, 3.63) is 67.4 Å². The number of hydrogen-bond acceptors (Lipinski definition) is 3. The number of aldehydes is 1. The van der Waals surface area contributed by atoms with Crippen molar-refractivity contribution in [1.82, 2.24) is 10.3 Å². The maximum atomic E-state index is 11.5. The number of allylic oxidation sites excluding steroid dienone is 1. The Labute approximate surface area is 173 Å². The summed E-state index contributed by atoms with van der Waals surface area (Å²) >= 11 is 0. The SMILES string of the molecule is CNC(=O)c1ccc(-c2ccn[c-]c2C=[C-]C=O)cc1.[CH3-].[K+]. The Balaban J connectivity index is 0.00000220. The monoisotopic (exact) mass is 318 g/mol. The number of rotatable bonds is 4. The molecule has 1 amide bonds. The second kappa shape index (κ2) is 10.6. The molecule has 5 heteroatoms. The van der Waals surface area contributed by atoms with Crippen LogP contribution in [0.4, 0.5) is 0 Å². The van der Waals surface area contributed by atoms with Gasteiger partial charge in [0, 0.05) is 18.9 Å². The quantitative estimate of drug-likeness (QED) is 0.354. The van der Waals surface area contributed by atoms with Gasteiger partial charge in [-0.25, -0.2) is 0 Å². The summed E-state index contributed by atoms with van der Waals surface area (Å²) in [6, 6.07) is 8.98. The van der Waals surface area contributed by atoms with Crippen LogP contribution < -0.4 is 56.7 Å². The normalized spacial score (nSPS) is 9.50. The van der Waals surface area contributed by atoms with Crippen LogP contribution in [0.5, 0.6) is 0 Å². The summed E-state index contributed by atoms with van der Waals surface area (Å²) in [6.45, 7) is 0. The van der Waals surface area contributed by atoms with E-state index in [9.17, 15) is 9.59 Å². The van der Waals surface area contributed by atoms with Gasteiger partial charge in [0.1, 0.15) is 0 Å². The summed E-state index contributed by atoms with van der Waals surface area (Å²) in [7, 11) is 1.59. The summed E-state index contributed by atoms with van der Waals surface area (Å²) < 4.78 is 0. The van der Waals surface area contributed by atoms with Crippen LogP contribution in [-0.4, -0.2) is 24.2 Å². The molecule has 0 aliphatic heterocycles. The number of pyridine rings is 1. The Morgan fingerprint density at radius 1 is 1.27 bits per heavy atom. The predicted molar refractivity (Wildman–Crippen MR) is 82.1 cm³/mol. The third kappa shape index (κ3) is 5.26. The third-order valence-corrected chi connectivity index (χ3v) is 2.77. The van der Waals surface area contributed by atoms with Crippen LogP contribution in [0.3, 0.4) is 0 Å². The number of nitrogens with one attached hydrogen (secondary N) is 1. The predicted octanol–water partition coefficient (Wildman–Crippen LogP) is -0.622. The van der Waals surface area contributed by atoms with E-state index in [4.69, 9.17) is 0 Å². The molecule has 108 valence electrons. The van der Waals surface area contributed by atoms with Gasteiger partial charge >= 0.3 is 51.4 Å². The Morgan fingerprint density at radius 3 is 2.55 bits per heavy atom. The van der Waals surface area contributed by atoms with Gasteiger partial charge in [0.2, 0.25) is 0 Å². The van der Waals surface area contributed by atoms with E-state index in [1.807, 2.05) is 18.2 Å². The van der Waals surface area contributed by atoms with E-state index in [0.29, 0.717) is 17.4 Å². The van der Waals surface area contributed by atoms with Gasteiger partial charge in [0.05, 0.1) is 0 Å². The Morgan fingerprint density at radius 2 is 1.95 bits per heavy atom. The average Bonchev–Trinajstić information content (AvgIpc) is 2.52. The van der Waals surface area contributed by atoms with Crippen LogP contribution in [-0.2, 0) is 4.79 Å². The van der Waals surface area contributed by atoms with E-state index in [1.165, 1.54) is 6.08 Å². The smallest absolute Gasteiger partial charge is 0.380 e. The number of carbonyl (C=O) groups is 2. The molecule has 0 saturated heterocycles. The van der Waals surface area contributed by atoms with Gasteiger partial charge in [-0.15, -0.1) is 12.3 Å². The molecular formula is C17H15KN2O2-2. The number of hydrogen-bond donors (Lipinski definition) is 1. The van der Waals surface area contributed by atoms with Crippen molar-refractivity contribution < 1.29 is 61.0 Å². The molecule has 2 rings (SSSR count). The molecule has 22 heavy (non-hydrogen) atoms. The van der Waals surface area contributed by atoms with Crippen molar-refractivity contribution >= 4 is 18.3 Å². The third-order valence-electron chi connectivity index (χ3n) is 2.77. The fourth-order valence-electron chi connectivity index (χ4n) is 1.79. The van der Waals surface area contributed by atoms with Gasteiger partial charge in [-0.2, -0.15) is 5.56 Å². The molecular weight excluding hydrogens is 303 g/mol. The van der Waals surface area contributed by atoms with Gasteiger partial charge in [-0.05, 0) is 12.1 Å². The molecule has 0 saturated carbocycles. The number of benzene rings is 1. The molecule has 1 aromatic carbocycles. The number of amides is 1. The molecule has 4 nitrogen and oxygen atoms in total. The van der Waals surface area contributed by atoms with Crippen LogP contribution in [0.25, 0.3) is 17.2 Å². The molecule has 0 unspecified atom stereocenters.